The fourth-order valence-electron chi connectivity index (χ4n) is 3.28. The number of nitrogens with one attached hydrogen (secondary N) is 2. The van der Waals surface area contributed by atoms with Gasteiger partial charge < -0.3 is 15.5 Å². The van der Waals surface area contributed by atoms with Crippen LogP contribution in [0.25, 0.3) is 0 Å². The SMILES string of the molecule is CN(C)Cc1cccc(NC(=O)C2(n3cccn3)CCNCC2)c1.Cl.Cl. The largest absolute Gasteiger partial charge is 0.324 e. The van der Waals surface area contributed by atoms with Crippen LogP contribution >= 0.6 is 24.8 Å². The van der Waals surface area contributed by atoms with E-state index < -0.39 is 5.54 Å². The minimum Gasteiger partial charge on any atom is -0.324 e. The summed E-state index contributed by atoms with van der Waals surface area (Å²) in [6.45, 7) is 2.47. The molecule has 1 aromatic heterocycles. The van der Waals surface area contributed by atoms with Gasteiger partial charge >= 0.3 is 0 Å². The third-order valence-corrected chi connectivity index (χ3v) is 4.48. The van der Waals surface area contributed by atoms with Crippen molar-refractivity contribution in [2.24, 2.45) is 0 Å². The molecule has 26 heavy (non-hydrogen) atoms. The normalized spacial score (nSPS) is 15.7. The number of carbonyl (C=O) groups excluding carboxylic acids is 1. The first-order valence-corrected chi connectivity index (χ1v) is 8.36. The molecule has 0 bridgehead atoms. The fraction of sp³-hybridized carbons (Fsp3) is 0.444. The molecule has 6 nitrogen and oxygen atoms in total. The van der Waals surface area contributed by atoms with Crippen LogP contribution in [0, 0.1) is 0 Å². The van der Waals surface area contributed by atoms with Crippen molar-refractivity contribution >= 4 is 36.4 Å². The van der Waals surface area contributed by atoms with E-state index in [2.05, 4.69) is 26.7 Å². The van der Waals surface area contributed by atoms with Gasteiger partial charge in [0.25, 0.3) is 5.91 Å². The maximum Gasteiger partial charge on any atom is 0.252 e. The fourth-order valence-corrected chi connectivity index (χ4v) is 3.28. The van der Waals surface area contributed by atoms with Crippen LogP contribution in [0.5, 0.6) is 0 Å². The Morgan fingerprint density at radius 1 is 1.27 bits per heavy atom. The summed E-state index contributed by atoms with van der Waals surface area (Å²) in [4.78, 5) is 15.2. The number of rotatable bonds is 5. The minimum atomic E-state index is -0.619. The smallest absolute Gasteiger partial charge is 0.252 e. The number of nitrogens with zero attached hydrogens (tertiary/aromatic N) is 3. The Balaban J connectivity index is 0.00000169. The molecule has 144 valence electrons. The van der Waals surface area contributed by atoms with E-state index in [1.54, 1.807) is 6.20 Å². The van der Waals surface area contributed by atoms with E-state index in [1.807, 2.05) is 49.2 Å². The van der Waals surface area contributed by atoms with Crippen molar-refractivity contribution in [2.75, 3.05) is 32.5 Å². The molecule has 3 rings (SSSR count). The maximum atomic E-state index is 13.1. The summed E-state index contributed by atoms with van der Waals surface area (Å²) < 4.78 is 1.81. The molecule has 1 aliphatic heterocycles. The van der Waals surface area contributed by atoms with Crippen molar-refractivity contribution in [3.8, 4) is 0 Å². The van der Waals surface area contributed by atoms with Crippen molar-refractivity contribution in [1.82, 2.24) is 20.0 Å². The number of hydrogen-bond donors (Lipinski definition) is 2. The van der Waals surface area contributed by atoms with Gasteiger partial charge in [-0.25, -0.2) is 0 Å². The van der Waals surface area contributed by atoms with Crippen LogP contribution in [-0.4, -0.2) is 47.8 Å². The summed E-state index contributed by atoms with van der Waals surface area (Å²) in [5.41, 5.74) is 1.40. The molecule has 8 heteroatoms. The average Bonchev–Trinajstić information content (AvgIpc) is 3.10. The second kappa shape index (κ2) is 9.92. The monoisotopic (exact) mass is 399 g/mol. The lowest BCUT2D eigenvalue weighted by molar-refractivity contribution is -0.126. The van der Waals surface area contributed by atoms with Crippen LogP contribution < -0.4 is 10.6 Å². The third-order valence-electron chi connectivity index (χ3n) is 4.48. The van der Waals surface area contributed by atoms with Crippen molar-refractivity contribution < 1.29 is 4.79 Å². The Kier molecular flexibility index (Phi) is 8.56. The van der Waals surface area contributed by atoms with Crippen molar-refractivity contribution in [1.29, 1.82) is 0 Å². The zero-order valence-corrected chi connectivity index (χ0v) is 16.8. The number of amides is 1. The lowest BCUT2D eigenvalue weighted by Gasteiger charge is -2.36. The number of benzene rings is 1. The quantitative estimate of drug-likeness (QED) is 0.810. The highest BCUT2D eigenvalue weighted by Gasteiger charge is 2.42. The molecule has 0 spiro atoms. The first kappa shape index (κ1) is 22.4. The molecule has 0 aliphatic carbocycles. The van der Waals surface area contributed by atoms with Crippen LogP contribution in [0.3, 0.4) is 0 Å². The standard InChI is InChI=1S/C18H25N5O.2ClH/c1-22(2)14-15-5-3-6-16(13-15)21-17(24)18(7-10-19-11-8-18)23-12-4-9-20-23;;/h3-6,9,12-13,19H,7-8,10-11,14H2,1-2H3,(H,21,24);2*1H. The maximum absolute atomic E-state index is 13.1. The second-order valence-electron chi connectivity index (χ2n) is 6.62. The van der Waals surface area contributed by atoms with Gasteiger partial charge in [0.1, 0.15) is 5.54 Å². The van der Waals surface area contributed by atoms with E-state index in [0.717, 1.165) is 38.2 Å². The molecule has 1 fully saturated rings. The van der Waals surface area contributed by atoms with Gasteiger partial charge in [0.2, 0.25) is 0 Å². The Morgan fingerprint density at radius 3 is 2.62 bits per heavy atom. The van der Waals surface area contributed by atoms with Gasteiger partial charge in [-0.05, 0) is 63.8 Å². The molecule has 0 saturated carbocycles. The van der Waals surface area contributed by atoms with Crippen molar-refractivity contribution in [3.63, 3.8) is 0 Å². The molecule has 0 unspecified atom stereocenters. The summed E-state index contributed by atoms with van der Waals surface area (Å²) in [6, 6.07) is 9.90. The molecular weight excluding hydrogens is 373 g/mol. The molecule has 0 radical (unpaired) electrons. The van der Waals surface area contributed by atoms with Crippen LogP contribution in [0.4, 0.5) is 5.69 Å². The van der Waals surface area contributed by atoms with Gasteiger partial charge in [-0.3, -0.25) is 9.48 Å². The second-order valence-corrected chi connectivity index (χ2v) is 6.62. The number of anilines is 1. The van der Waals surface area contributed by atoms with E-state index in [4.69, 9.17) is 0 Å². The molecule has 2 N–H and O–H groups in total. The summed E-state index contributed by atoms with van der Waals surface area (Å²) in [6.07, 6.45) is 5.08. The number of piperidine rings is 1. The third kappa shape index (κ3) is 4.98. The number of aromatic nitrogens is 2. The van der Waals surface area contributed by atoms with Crippen LogP contribution in [0.1, 0.15) is 18.4 Å². The topological polar surface area (TPSA) is 62.2 Å². The summed E-state index contributed by atoms with van der Waals surface area (Å²) >= 11 is 0. The predicted molar refractivity (Wildman–Crippen MR) is 109 cm³/mol. The molecule has 2 heterocycles. The Bertz CT molecular complexity index is 685. The van der Waals surface area contributed by atoms with Crippen LogP contribution in [0.15, 0.2) is 42.7 Å². The molecule has 1 aromatic carbocycles. The Hall–Kier alpha value is -1.60. The zero-order valence-electron chi connectivity index (χ0n) is 15.1. The van der Waals surface area contributed by atoms with Crippen molar-refractivity contribution in [3.05, 3.63) is 48.3 Å². The lowest BCUT2D eigenvalue weighted by atomic mass is 9.87. The van der Waals surface area contributed by atoms with Gasteiger partial charge in [-0.15, -0.1) is 24.8 Å². The molecule has 1 amide bonds. The van der Waals surface area contributed by atoms with Gasteiger partial charge in [-0.1, -0.05) is 12.1 Å². The van der Waals surface area contributed by atoms with E-state index in [9.17, 15) is 4.79 Å². The number of hydrogen-bond acceptors (Lipinski definition) is 4. The predicted octanol–water partition coefficient (Wildman–Crippen LogP) is 2.51. The van der Waals surface area contributed by atoms with Gasteiger partial charge in [0.15, 0.2) is 0 Å². The highest BCUT2D eigenvalue weighted by molar-refractivity contribution is 5.96. The van der Waals surface area contributed by atoms with Gasteiger partial charge in [0, 0.05) is 24.6 Å². The number of carbonyl (C=O) groups is 1. The average molecular weight is 400 g/mol. The van der Waals surface area contributed by atoms with Crippen LogP contribution in [-0.2, 0) is 16.9 Å². The van der Waals surface area contributed by atoms with E-state index >= 15 is 0 Å². The Labute approximate surface area is 167 Å². The number of halogens is 2. The first-order valence-electron chi connectivity index (χ1n) is 8.36. The molecular formula is C18H27Cl2N5O. The van der Waals surface area contributed by atoms with Crippen molar-refractivity contribution in [2.45, 2.75) is 24.9 Å². The summed E-state index contributed by atoms with van der Waals surface area (Å²) in [7, 11) is 4.07. The van der Waals surface area contributed by atoms with Gasteiger partial charge in [-0.2, -0.15) is 5.10 Å². The van der Waals surface area contributed by atoms with Gasteiger partial charge in [0.05, 0.1) is 0 Å². The lowest BCUT2D eigenvalue weighted by Crippen LogP contribution is -2.52. The first-order chi connectivity index (χ1) is 11.6. The van der Waals surface area contributed by atoms with E-state index in [0.29, 0.717) is 0 Å². The minimum absolute atomic E-state index is 0. The summed E-state index contributed by atoms with van der Waals surface area (Å²) in [5, 5.41) is 10.8. The highest BCUT2D eigenvalue weighted by Crippen LogP contribution is 2.28. The highest BCUT2D eigenvalue weighted by atomic mass is 35.5. The van der Waals surface area contributed by atoms with Crippen LogP contribution in [0.2, 0.25) is 0 Å². The summed E-state index contributed by atoms with van der Waals surface area (Å²) in [5.74, 6) is 0.00898. The molecule has 2 aromatic rings. The molecule has 0 atom stereocenters. The van der Waals surface area contributed by atoms with E-state index in [-0.39, 0.29) is 30.7 Å². The van der Waals surface area contributed by atoms with E-state index in [1.165, 1.54) is 5.56 Å². The molecule has 1 saturated heterocycles. The zero-order chi connectivity index (χ0) is 17.0. The molecule has 1 aliphatic rings. The Morgan fingerprint density at radius 2 is 2.00 bits per heavy atom.